The molecule has 0 unspecified atom stereocenters. The highest BCUT2D eigenvalue weighted by Gasteiger charge is 2.71. The zero-order valence-corrected chi connectivity index (χ0v) is 10.9. The fourth-order valence-corrected chi connectivity index (χ4v) is 3.42. The fraction of sp³-hybridized carbons (Fsp3) is 0.571. The van der Waals surface area contributed by atoms with Crippen molar-refractivity contribution in [3.8, 4) is 0 Å². The number of fused-ring (bicyclic) bond motifs is 4. The van der Waals surface area contributed by atoms with Crippen molar-refractivity contribution in [2.24, 2.45) is 10.8 Å². The van der Waals surface area contributed by atoms with E-state index in [9.17, 15) is 9.59 Å². The van der Waals surface area contributed by atoms with Crippen LogP contribution in [0.25, 0.3) is 0 Å². The van der Waals surface area contributed by atoms with E-state index in [0.29, 0.717) is 11.1 Å². The molecule has 0 radical (unpaired) electrons. The number of ether oxygens (including phenoxy) is 2. The Hall–Kier alpha value is -1.58. The monoisotopic (exact) mass is 248 g/mol. The third-order valence-electron chi connectivity index (χ3n) is 4.76. The molecule has 0 N–H and O–H groups in total. The van der Waals surface area contributed by atoms with Crippen LogP contribution in [0.15, 0.2) is 23.3 Å². The summed E-state index contributed by atoms with van der Waals surface area (Å²) in [6.45, 7) is 7.61. The lowest BCUT2D eigenvalue weighted by Gasteiger charge is -2.64. The second kappa shape index (κ2) is 3.05. The number of hydrogen-bond acceptors (Lipinski definition) is 4. The summed E-state index contributed by atoms with van der Waals surface area (Å²) in [5.41, 5.74) is 0.655. The standard InChI is InChI=1S/C14H16O4/c1-7-5-13(3)9(17-11(7)15)10-14(13,4)6-8(2)12(16)18-10/h5-6,9-10H,1-4H3/t9-,10+,13+,14-. The van der Waals surface area contributed by atoms with Crippen LogP contribution in [0.4, 0.5) is 0 Å². The first kappa shape index (κ1) is 11.5. The zero-order chi connectivity index (χ0) is 13.3. The molecular weight excluding hydrogens is 232 g/mol. The summed E-state index contributed by atoms with van der Waals surface area (Å²) >= 11 is 0. The van der Waals surface area contributed by atoms with Crippen LogP contribution in [0.3, 0.4) is 0 Å². The summed E-state index contributed by atoms with van der Waals surface area (Å²) in [6, 6.07) is 0. The molecule has 0 spiro atoms. The van der Waals surface area contributed by atoms with E-state index in [1.54, 1.807) is 13.8 Å². The van der Waals surface area contributed by atoms with Crippen LogP contribution in [-0.2, 0) is 19.1 Å². The van der Waals surface area contributed by atoms with Gasteiger partial charge in [0, 0.05) is 22.0 Å². The molecule has 0 bridgehead atoms. The number of carbonyl (C=O) groups is 2. The predicted molar refractivity (Wildman–Crippen MR) is 63.5 cm³/mol. The van der Waals surface area contributed by atoms with E-state index >= 15 is 0 Å². The van der Waals surface area contributed by atoms with Crippen LogP contribution in [0, 0.1) is 10.8 Å². The van der Waals surface area contributed by atoms with Crippen LogP contribution < -0.4 is 0 Å². The third-order valence-corrected chi connectivity index (χ3v) is 4.76. The van der Waals surface area contributed by atoms with Gasteiger partial charge in [-0.1, -0.05) is 26.0 Å². The Balaban J connectivity index is 2.12. The molecule has 0 aromatic rings. The summed E-state index contributed by atoms with van der Waals surface area (Å²) in [6.07, 6.45) is 3.19. The van der Waals surface area contributed by atoms with Crippen molar-refractivity contribution in [3.63, 3.8) is 0 Å². The molecule has 0 saturated heterocycles. The Bertz CT molecular complexity index is 482. The first-order valence-electron chi connectivity index (χ1n) is 6.10. The molecule has 4 nitrogen and oxygen atoms in total. The Kier molecular flexibility index (Phi) is 1.95. The molecule has 3 aliphatic rings. The maximum atomic E-state index is 11.6. The lowest BCUT2D eigenvalue weighted by atomic mass is 9.45. The quantitative estimate of drug-likeness (QED) is 0.613. The minimum Gasteiger partial charge on any atom is -0.454 e. The molecule has 0 amide bonds. The first-order valence-corrected chi connectivity index (χ1v) is 6.10. The Labute approximate surface area is 106 Å². The van der Waals surface area contributed by atoms with Gasteiger partial charge in [-0.15, -0.1) is 0 Å². The van der Waals surface area contributed by atoms with Gasteiger partial charge in [-0.3, -0.25) is 0 Å². The van der Waals surface area contributed by atoms with Gasteiger partial charge >= 0.3 is 11.9 Å². The maximum Gasteiger partial charge on any atom is 0.333 e. The van der Waals surface area contributed by atoms with Gasteiger partial charge < -0.3 is 9.47 Å². The average Bonchev–Trinajstić information content (AvgIpc) is 2.29. The lowest BCUT2D eigenvalue weighted by molar-refractivity contribution is -0.254. The largest absolute Gasteiger partial charge is 0.454 e. The van der Waals surface area contributed by atoms with E-state index in [1.165, 1.54) is 0 Å². The van der Waals surface area contributed by atoms with Gasteiger partial charge in [0.2, 0.25) is 0 Å². The molecule has 4 atom stereocenters. The van der Waals surface area contributed by atoms with Gasteiger partial charge in [0.05, 0.1) is 0 Å². The lowest BCUT2D eigenvalue weighted by Crippen LogP contribution is -2.73. The van der Waals surface area contributed by atoms with E-state index in [2.05, 4.69) is 0 Å². The van der Waals surface area contributed by atoms with Crippen molar-refractivity contribution in [1.82, 2.24) is 0 Å². The summed E-state index contributed by atoms with van der Waals surface area (Å²) in [7, 11) is 0. The van der Waals surface area contributed by atoms with Crippen molar-refractivity contribution >= 4 is 11.9 Å². The fourth-order valence-electron chi connectivity index (χ4n) is 3.42. The zero-order valence-electron chi connectivity index (χ0n) is 10.9. The van der Waals surface area contributed by atoms with Crippen molar-refractivity contribution in [1.29, 1.82) is 0 Å². The smallest absolute Gasteiger partial charge is 0.333 e. The maximum absolute atomic E-state index is 11.6. The molecule has 1 saturated carbocycles. The number of hydrogen-bond donors (Lipinski definition) is 0. The normalized spacial score (nSPS) is 45.8. The third kappa shape index (κ3) is 1.06. The molecule has 96 valence electrons. The van der Waals surface area contributed by atoms with Crippen LogP contribution in [-0.4, -0.2) is 24.1 Å². The van der Waals surface area contributed by atoms with Gasteiger partial charge in [0.25, 0.3) is 0 Å². The first-order chi connectivity index (χ1) is 8.29. The molecule has 4 heteroatoms. The SMILES string of the molecule is CC1=C[C@@]2(C)[C@H](OC1=O)[C@@H]1OC(=O)C(C)=C[C@]12C. The summed E-state index contributed by atoms with van der Waals surface area (Å²) < 4.78 is 10.8. The molecular formula is C14H16O4. The van der Waals surface area contributed by atoms with Crippen LogP contribution in [0.5, 0.6) is 0 Å². The highest BCUT2D eigenvalue weighted by molar-refractivity contribution is 5.91. The van der Waals surface area contributed by atoms with E-state index in [4.69, 9.17) is 9.47 Å². The van der Waals surface area contributed by atoms with Gasteiger partial charge in [-0.2, -0.15) is 0 Å². The van der Waals surface area contributed by atoms with Gasteiger partial charge in [0.1, 0.15) is 12.2 Å². The predicted octanol–water partition coefficient (Wildman–Crippen LogP) is 1.76. The Morgan fingerprint density at radius 2 is 1.22 bits per heavy atom. The van der Waals surface area contributed by atoms with Crippen LogP contribution >= 0.6 is 0 Å². The highest BCUT2D eigenvalue weighted by atomic mass is 16.6. The number of rotatable bonds is 0. The van der Waals surface area contributed by atoms with E-state index < -0.39 is 0 Å². The topological polar surface area (TPSA) is 52.6 Å². The van der Waals surface area contributed by atoms with Crippen molar-refractivity contribution in [2.45, 2.75) is 39.9 Å². The van der Waals surface area contributed by atoms with Crippen molar-refractivity contribution in [3.05, 3.63) is 23.3 Å². The summed E-state index contributed by atoms with van der Waals surface area (Å²) in [4.78, 5) is 23.2. The minimum atomic E-state index is -0.369. The van der Waals surface area contributed by atoms with Crippen molar-refractivity contribution < 1.29 is 19.1 Å². The molecule has 2 heterocycles. The second-order valence-electron chi connectivity index (χ2n) is 5.87. The van der Waals surface area contributed by atoms with Gasteiger partial charge in [-0.05, 0) is 13.8 Å². The molecule has 1 fully saturated rings. The summed E-state index contributed by atoms with van der Waals surface area (Å²) in [5.74, 6) is -0.635. The molecule has 0 aromatic heterocycles. The summed E-state index contributed by atoms with van der Waals surface area (Å²) in [5, 5.41) is 0. The Morgan fingerprint density at radius 3 is 1.56 bits per heavy atom. The minimum absolute atomic E-state index is 0.294. The van der Waals surface area contributed by atoms with Gasteiger partial charge in [-0.25, -0.2) is 9.59 Å². The molecule has 18 heavy (non-hydrogen) atoms. The molecule has 0 aromatic carbocycles. The Morgan fingerprint density at radius 1 is 0.889 bits per heavy atom. The molecule has 2 aliphatic heterocycles. The van der Waals surface area contributed by atoms with Crippen LogP contribution in [0.1, 0.15) is 27.7 Å². The highest BCUT2D eigenvalue weighted by Crippen LogP contribution is 2.64. The van der Waals surface area contributed by atoms with E-state index in [1.807, 2.05) is 26.0 Å². The number of carbonyl (C=O) groups excluding carboxylic acids is 2. The van der Waals surface area contributed by atoms with Gasteiger partial charge in [0.15, 0.2) is 0 Å². The van der Waals surface area contributed by atoms with Crippen LogP contribution in [0.2, 0.25) is 0 Å². The molecule has 1 aliphatic carbocycles. The van der Waals surface area contributed by atoms with E-state index in [0.717, 1.165) is 0 Å². The average molecular weight is 248 g/mol. The molecule has 3 rings (SSSR count). The number of esters is 2. The van der Waals surface area contributed by atoms with E-state index in [-0.39, 0.29) is 35.0 Å². The van der Waals surface area contributed by atoms with Crippen molar-refractivity contribution in [2.75, 3.05) is 0 Å². The second-order valence-corrected chi connectivity index (χ2v) is 5.87.